The molecule has 2 aromatic heterocycles. The van der Waals surface area contributed by atoms with Gasteiger partial charge in [0.15, 0.2) is 0 Å². The Labute approximate surface area is 177 Å². The molecule has 3 aromatic rings. The summed E-state index contributed by atoms with van der Waals surface area (Å²) in [6, 6.07) is 8.52. The van der Waals surface area contributed by atoms with E-state index in [2.05, 4.69) is 0 Å². The molecular weight excluding hydrogens is 400 g/mol. The summed E-state index contributed by atoms with van der Waals surface area (Å²) in [5.74, 6) is -1.08. The molecule has 4 heterocycles. The Bertz CT molecular complexity index is 1340. The second kappa shape index (κ2) is 6.66. The third kappa shape index (κ3) is 2.67. The molecule has 2 aliphatic heterocycles. The van der Waals surface area contributed by atoms with Crippen molar-refractivity contribution in [1.29, 1.82) is 0 Å². The van der Waals surface area contributed by atoms with E-state index in [9.17, 15) is 19.5 Å². The van der Waals surface area contributed by atoms with Crippen LogP contribution in [0.5, 0.6) is 5.75 Å². The van der Waals surface area contributed by atoms with E-state index in [0.717, 1.165) is 10.9 Å². The van der Waals surface area contributed by atoms with Crippen molar-refractivity contribution < 1.29 is 24.2 Å². The maximum Gasteiger partial charge on any atom is 0.355 e. The van der Waals surface area contributed by atoms with Crippen LogP contribution in [0.3, 0.4) is 0 Å². The van der Waals surface area contributed by atoms with Crippen LogP contribution in [0.1, 0.15) is 43.4 Å². The lowest BCUT2D eigenvalue weighted by molar-refractivity contribution is -0.189. The molecule has 0 fully saturated rings. The minimum Gasteiger partial charge on any atom is -0.508 e. The summed E-state index contributed by atoms with van der Waals surface area (Å²) in [5.41, 5.74) is 1.42. The first kappa shape index (κ1) is 19.3. The number of benzene rings is 1. The number of hydrogen-bond donors (Lipinski definition) is 1. The lowest BCUT2D eigenvalue weighted by Crippen LogP contribution is -2.47. The Hall–Kier alpha value is -3.68. The number of phenols is 1. The minimum atomic E-state index is -1.65. The predicted octanol–water partition coefficient (Wildman–Crippen LogP) is 2.75. The number of aromatic nitrogens is 2. The van der Waals surface area contributed by atoms with Gasteiger partial charge in [-0.2, -0.15) is 0 Å². The highest BCUT2D eigenvalue weighted by Gasteiger charge is 2.50. The maximum atomic E-state index is 13.4. The summed E-state index contributed by atoms with van der Waals surface area (Å²) in [4.78, 5) is 43.0. The smallest absolute Gasteiger partial charge is 0.355 e. The summed E-state index contributed by atoms with van der Waals surface area (Å²) < 4.78 is 12.5. The van der Waals surface area contributed by atoms with Crippen LogP contribution in [0.4, 0.5) is 0 Å². The van der Waals surface area contributed by atoms with Gasteiger partial charge in [-0.3, -0.25) is 9.59 Å². The molecule has 0 radical (unpaired) electrons. The summed E-state index contributed by atoms with van der Waals surface area (Å²) >= 11 is 0. The molecule has 1 aromatic carbocycles. The quantitative estimate of drug-likeness (QED) is 0.508. The van der Waals surface area contributed by atoms with Crippen molar-refractivity contribution in [2.45, 2.75) is 45.4 Å². The van der Waals surface area contributed by atoms with Crippen LogP contribution in [0, 0.1) is 0 Å². The van der Waals surface area contributed by atoms with Gasteiger partial charge in [0.1, 0.15) is 12.4 Å². The highest BCUT2D eigenvalue weighted by atomic mass is 16.6. The first-order chi connectivity index (χ1) is 14.9. The average Bonchev–Trinajstić information content (AvgIpc) is 3.12. The van der Waals surface area contributed by atoms with E-state index < -0.39 is 17.5 Å². The van der Waals surface area contributed by atoms with Crippen molar-refractivity contribution >= 4 is 22.8 Å². The monoisotopic (exact) mass is 420 g/mol. The number of aromatic hydroxyl groups is 1. The van der Waals surface area contributed by atoms with Gasteiger partial charge in [-0.1, -0.05) is 13.8 Å². The zero-order valence-electron chi connectivity index (χ0n) is 17.1. The van der Waals surface area contributed by atoms with E-state index in [1.54, 1.807) is 42.7 Å². The predicted molar refractivity (Wildman–Crippen MR) is 110 cm³/mol. The molecule has 8 heteroatoms. The number of esters is 2. The standard InChI is InChI=1S/C23H20N2O6/c1-3-19(27)31-23(4-2)16-9-18-20-13(7-12-8-14(26)5-6-17(12)24-20)10-25(18)21(28)15(16)11-30-22(23)29/h5-9,26H,3-4,10-11H2,1-2H3/t23-/m1/s1. The third-order valence-corrected chi connectivity index (χ3v) is 6.04. The van der Waals surface area contributed by atoms with Gasteiger partial charge in [0, 0.05) is 22.9 Å². The van der Waals surface area contributed by atoms with Crippen LogP contribution in [0.2, 0.25) is 0 Å². The lowest BCUT2D eigenvalue weighted by atomic mass is 9.85. The third-order valence-electron chi connectivity index (χ3n) is 6.04. The molecule has 2 aliphatic rings. The van der Waals surface area contributed by atoms with Gasteiger partial charge in [-0.05, 0) is 36.8 Å². The van der Waals surface area contributed by atoms with E-state index in [-0.39, 0.29) is 30.8 Å². The lowest BCUT2D eigenvalue weighted by Gasteiger charge is -2.35. The van der Waals surface area contributed by atoms with E-state index in [1.807, 2.05) is 6.07 Å². The largest absolute Gasteiger partial charge is 0.508 e. The van der Waals surface area contributed by atoms with Crippen molar-refractivity contribution in [3.8, 4) is 17.1 Å². The van der Waals surface area contributed by atoms with Crippen molar-refractivity contribution in [1.82, 2.24) is 9.55 Å². The van der Waals surface area contributed by atoms with Gasteiger partial charge in [-0.15, -0.1) is 0 Å². The molecule has 0 spiro atoms. The van der Waals surface area contributed by atoms with Crippen molar-refractivity contribution in [2.75, 3.05) is 0 Å². The summed E-state index contributed by atoms with van der Waals surface area (Å²) in [5, 5.41) is 10.5. The fraction of sp³-hybridized carbons (Fsp3) is 0.304. The Morgan fingerprint density at radius 2 is 2.06 bits per heavy atom. The van der Waals surface area contributed by atoms with Gasteiger partial charge in [0.2, 0.25) is 5.60 Å². The van der Waals surface area contributed by atoms with Crippen LogP contribution in [0.15, 0.2) is 35.1 Å². The first-order valence-electron chi connectivity index (χ1n) is 10.2. The topological polar surface area (TPSA) is 108 Å². The number of rotatable bonds is 3. The molecule has 0 saturated heterocycles. The summed E-state index contributed by atoms with van der Waals surface area (Å²) in [6.45, 7) is 3.51. The Morgan fingerprint density at radius 1 is 1.26 bits per heavy atom. The van der Waals surface area contributed by atoms with Crippen LogP contribution in [-0.2, 0) is 37.8 Å². The zero-order valence-corrected chi connectivity index (χ0v) is 17.1. The maximum absolute atomic E-state index is 13.4. The second-order valence-corrected chi connectivity index (χ2v) is 7.77. The fourth-order valence-corrected chi connectivity index (χ4v) is 4.40. The molecule has 0 bridgehead atoms. The second-order valence-electron chi connectivity index (χ2n) is 7.77. The van der Waals surface area contributed by atoms with Crippen LogP contribution >= 0.6 is 0 Å². The molecule has 1 atom stereocenters. The van der Waals surface area contributed by atoms with Gasteiger partial charge in [-0.25, -0.2) is 9.78 Å². The number of fused-ring (bicyclic) bond motifs is 5. The molecule has 0 aliphatic carbocycles. The number of carbonyl (C=O) groups is 2. The zero-order chi connectivity index (χ0) is 21.9. The van der Waals surface area contributed by atoms with Gasteiger partial charge < -0.3 is 19.1 Å². The number of cyclic esters (lactones) is 1. The number of phenolic OH excluding ortho intramolecular Hbond substituents is 1. The van der Waals surface area contributed by atoms with Crippen molar-refractivity contribution in [3.05, 3.63) is 57.4 Å². The molecule has 0 saturated carbocycles. The van der Waals surface area contributed by atoms with E-state index >= 15 is 0 Å². The molecule has 31 heavy (non-hydrogen) atoms. The highest BCUT2D eigenvalue weighted by molar-refractivity contribution is 5.88. The first-order valence-corrected chi connectivity index (χ1v) is 10.2. The molecule has 1 N–H and O–H groups in total. The van der Waals surface area contributed by atoms with E-state index in [4.69, 9.17) is 14.5 Å². The number of ether oxygens (including phenoxy) is 2. The van der Waals surface area contributed by atoms with Gasteiger partial charge in [0.05, 0.1) is 29.0 Å². The Balaban J connectivity index is 1.76. The average molecular weight is 420 g/mol. The molecule has 0 unspecified atom stereocenters. The van der Waals surface area contributed by atoms with Crippen molar-refractivity contribution in [2.24, 2.45) is 0 Å². The Morgan fingerprint density at radius 3 is 2.81 bits per heavy atom. The molecular formula is C23H20N2O6. The number of nitrogens with zero attached hydrogens (tertiary/aromatic N) is 2. The molecule has 158 valence electrons. The fourth-order valence-electron chi connectivity index (χ4n) is 4.40. The number of pyridine rings is 2. The number of carbonyl (C=O) groups excluding carboxylic acids is 2. The van der Waals surface area contributed by atoms with Crippen LogP contribution in [-0.4, -0.2) is 26.6 Å². The summed E-state index contributed by atoms with van der Waals surface area (Å²) in [7, 11) is 0. The van der Waals surface area contributed by atoms with Crippen LogP contribution < -0.4 is 5.56 Å². The van der Waals surface area contributed by atoms with Gasteiger partial charge in [0.25, 0.3) is 5.56 Å². The normalized spacial score (nSPS) is 18.8. The van der Waals surface area contributed by atoms with E-state index in [1.165, 1.54) is 0 Å². The van der Waals surface area contributed by atoms with Crippen molar-refractivity contribution in [3.63, 3.8) is 0 Å². The van der Waals surface area contributed by atoms with Gasteiger partial charge >= 0.3 is 11.9 Å². The molecule has 8 nitrogen and oxygen atoms in total. The molecule has 5 rings (SSSR count). The Kier molecular flexibility index (Phi) is 4.15. The highest BCUT2D eigenvalue weighted by Crippen LogP contribution is 2.41. The molecule has 0 amide bonds. The number of hydrogen-bond acceptors (Lipinski definition) is 7. The minimum absolute atomic E-state index is 0.0948. The van der Waals surface area contributed by atoms with E-state index in [0.29, 0.717) is 34.6 Å². The van der Waals surface area contributed by atoms with Crippen LogP contribution in [0.25, 0.3) is 22.3 Å². The summed E-state index contributed by atoms with van der Waals surface area (Å²) in [6.07, 6.45) is 0.238. The SMILES string of the molecule is CCC(=O)O[C@@]1(CC)C(=O)OCc2c1cc1n(c2=O)Cc2cc3cc(O)ccc3nc2-1.